The van der Waals surface area contributed by atoms with E-state index in [0.29, 0.717) is 45.3 Å². The number of carbonyl (C=O) groups excluding carboxylic acids is 2. The molecule has 0 N–H and O–H groups in total. The van der Waals surface area contributed by atoms with Crippen molar-refractivity contribution < 1.29 is 38.0 Å². The molecule has 0 spiro atoms. The highest BCUT2D eigenvalue weighted by Gasteiger charge is 2.35. The first-order valence-electron chi connectivity index (χ1n) is 16.8. The average Bonchev–Trinajstić information content (AvgIpc) is 3.11. The fourth-order valence-electron chi connectivity index (χ4n) is 5.79. The van der Waals surface area contributed by atoms with Crippen molar-refractivity contribution in [3.63, 3.8) is 0 Å². The largest absolute Gasteiger partial charge is 0.494 e. The summed E-state index contributed by atoms with van der Waals surface area (Å²) in [4.78, 5) is 26.5. The highest BCUT2D eigenvalue weighted by atomic mass is 16.6. The number of piperidine rings is 1. The van der Waals surface area contributed by atoms with Crippen LogP contribution in [0.1, 0.15) is 56.2 Å². The van der Waals surface area contributed by atoms with Crippen LogP contribution in [-0.4, -0.2) is 68.7 Å². The fraction of sp³-hybridized carbons (Fsp3) is 0.400. The molecule has 2 unspecified atom stereocenters. The molecule has 1 heterocycles. The van der Waals surface area contributed by atoms with Gasteiger partial charge in [-0.2, -0.15) is 0 Å². The molecule has 4 aromatic rings. The van der Waals surface area contributed by atoms with Gasteiger partial charge in [-0.25, -0.2) is 9.59 Å². The van der Waals surface area contributed by atoms with Gasteiger partial charge in [-0.05, 0) is 73.5 Å². The van der Waals surface area contributed by atoms with Crippen LogP contribution >= 0.6 is 0 Å². The van der Waals surface area contributed by atoms with Crippen molar-refractivity contribution in [3.05, 3.63) is 108 Å². The van der Waals surface area contributed by atoms with Crippen LogP contribution in [0.3, 0.4) is 0 Å². The van der Waals surface area contributed by atoms with Crippen molar-refractivity contribution in [1.29, 1.82) is 0 Å². The van der Waals surface area contributed by atoms with Crippen molar-refractivity contribution in [1.82, 2.24) is 4.90 Å². The molecule has 1 amide bonds. The van der Waals surface area contributed by atoms with Gasteiger partial charge in [0.15, 0.2) is 6.61 Å². The first-order chi connectivity index (χ1) is 23.7. The lowest BCUT2D eigenvalue weighted by Gasteiger charge is -2.39. The van der Waals surface area contributed by atoms with Gasteiger partial charge in [0.25, 0.3) is 0 Å². The maximum absolute atomic E-state index is 13.1. The van der Waals surface area contributed by atoms with Crippen LogP contribution in [0.25, 0.3) is 10.8 Å². The Balaban J connectivity index is 1.22. The lowest BCUT2D eigenvalue weighted by atomic mass is 9.87. The van der Waals surface area contributed by atoms with Crippen LogP contribution in [0.2, 0.25) is 0 Å². The Labute approximate surface area is 289 Å². The number of amides is 1. The Morgan fingerprint density at radius 1 is 0.837 bits per heavy atom. The van der Waals surface area contributed by atoms with Crippen molar-refractivity contribution in [2.75, 3.05) is 40.0 Å². The molecular formula is C40H47NO8. The number of rotatable bonds is 14. The van der Waals surface area contributed by atoms with Crippen LogP contribution in [0.4, 0.5) is 4.79 Å². The first-order valence-corrected chi connectivity index (χ1v) is 16.8. The fourth-order valence-corrected chi connectivity index (χ4v) is 5.79. The molecule has 0 aliphatic carbocycles. The van der Waals surface area contributed by atoms with Gasteiger partial charge < -0.3 is 33.3 Å². The van der Waals surface area contributed by atoms with Gasteiger partial charge >= 0.3 is 12.1 Å². The second kappa shape index (κ2) is 17.2. The van der Waals surface area contributed by atoms with Gasteiger partial charge in [0.05, 0.1) is 46.2 Å². The molecule has 49 heavy (non-hydrogen) atoms. The number of hydrogen-bond donors (Lipinski definition) is 0. The highest BCUT2D eigenvalue weighted by Crippen LogP contribution is 2.34. The predicted octanol–water partition coefficient (Wildman–Crippen LogP) is 7.69. The molecule has 5 rings (SSSR count). The Bertz CT molecular complexity index is 1650. The molecule has 0 aromatic heterocycles. The topological polar surface area (TPSA) is 92.8 Å². The average molecular weight is 670 g/mol. The third-order valence-corrected chi connectivity index (χ3v) is 8.28. The van der Waals surface area contributed by atoms with Crippen LogP contribution < -0.4 is 9.47 Å². The number of hydrogen-bond acceptors (Lipinski definition) is 8. The summed E-state index contributed by atoms with van der Waals surface area (Å²) in [7, 11) is 1.33. The molecule has 1 aliphatic heterocycles. The summed E-state index contributed by atoms with van der Waals surface area (Å²) in [6.45, 7) is 8.53. The monoisotopic (exact) mass is 669 g/mol. The summed E-state index contributed by atoms with van der Waals surface area (Å²) in [6, 6.07) is 30.1. The van der Waals surface area contributed by atoms with Crippen LogP contribution in [0.5, 0.6) is 11.5 Å². The number of methoxy groups -OCH3 is 1. The van der Waals surface area contributed by atoms with E-state index in [1.54, 1.807) is 4.90 Å². The molecule has 0 bridgehead atoms. The van der Waals surface area contributed by atoms with Gasteiger partial charge in [0.1, 0.15) is 17.1 Å². The first kappa shape index (κ1) is 35.7. The molecule has 0 saturated carbocycles. The maximum Gasteiger partial charge on any atom is 0.410 e. The number of carbonyl (C=O) groups is 2. The van der Waals surface area contributed by atoms with E-state index in [-0.39, 0.29) is 24.7 Å². The summed E-state index contributed by atoms with van der Waals surface area (Å²) in [5.74, 6) is 1.02. The summed E-state index contributed by atoms with van der Waals surface area (Å²) in [5.41, 5.74) is 2.65. The summed E-state index contributed by atoms with van der Waals surface area (Å²) < 4.78 is 34.6. The summed E-state index contributed by atoms with van der Waals surface area (Å²) in [5, 5.41) is 1.86. The SMILES string of the molecule is COC(=O)COc1cccc2ccc(COC3CN(C(=O)OC(C)(C)C)CCC3c3ccc(OCCCOCc4ccccc4)cc3)cc12. The van der Waals surface area contributed by atoms with Crippen LogP contribution in [0.15, 0.2) is 91.0 Å². The molecule has 260 valence electrons. The van der Waals surface area contributed by atoms with Gasteiger partial charge in [-0.1, -0.05) is 66.7 Å². The van der Waals surface area contributed by atoms with Gasteiger partial charge in [-0.3, -0.25) is 0 Å². The third kappa shape index (κ3) is 10.7. The summed E-state index contributed by atoms with van der Waals surface area (Å²) in [6.07, 6.45) is 0.915. The lowest BCUT2D eigenvalue weighted by molar-refractivity contribution is -0.142. The van der Waals surface area contributed by atoms with Gasteiger partial charge in [0.2, 0.25) is 0 Å². The van der Waals surface area contributed by atoms with E-state index in [0.717, 1.165) is 46.1 Å². The smallest absolute Gasteiger partial charge is 0.410 e. The second-order valence-corrected chi connectivity index (χ2v) is 13.2. The number of ether oxygens (including phenoxy) is 6. The second-order valence-electron chi connectivity index (χ2n) is 13.2. The minimum absolute atomic E-state index is 0.0681. The lowest BCUT2D eigenvalue weighted by Crippen LogP contribution is -2.48. The zero-order valence-corrected chi connectivity index (χ0v) is 28.9. The molecule has 9 nitrogen and oxygen atoms in total. The molecule has 1 saturated heterocycles. The zero-order chi connectivity index (χ0) is 34.6. The van der Waals surface area contributed by atoms with E-state index in [1.807, 2.05) is 87.5 Å². The zero-order valence-electron chi connectivity index (χ0n) is 28.9. The number of benzene rings is 4. The number of esters is 1. The Morgan fingerprint density at radius 2 is 1.63 bits per heavy atom. The third-order valence-electron chi connectivity index (χ3n) is 8.28. The molecule has 9 heteroatoms. The summed E-state index contributed by atoms with van der Waals surface area (Å²) >= 11 is 0. The molecule has 1 fully saturated rings. The van der Waals surface area contributed by atoms with E-state index < -0.39 is 11.6 Å². The van der Waals surface area contributed by atoms with Gasteiger partial charge in [-0.15, -0.1) is 0 Å². The minimum atomic E-state index is -0.590. The maximum atomic E-state index is 13.1. The van der Waals surface area contributed by atoms with Crippen molar-refractivity contribution in [2.45, 2.75) is 64.4 Å². The number of fused-ring (bicyclic) bond motifs is 1. The van der Waals surface area contributed by atoms with Crippen molar-refractivity contribution in [2.24, 2.45) is 0 Å². The van der Waals surface area contributed by atoms with Crippen LogP contribution in [0, 0.1) is 0 Å². The molecule has 2 atom stereocenters. The van der Waals surface area contributed by atoms with E-state index >= 15 is 0 Å². The van der Waals surface area contributed by atoms with E-state index in [2.05, 4.69) is 24.3 Å². The van der Waals surface area contributed by atoms with Crippen LogP contribution in [-0.2, 0) is 37.0 Å². The van der Waals surface area contributed by atoms with Crippen molar-refractivity contribution in [3.8, 4) is 11.5 Å². The van der Waals surface area contributed by atoms with E-state index in [1.165, 1.54) is 7.11 Å². The molecule has 0 radical (unpaired) electrons. The number of nitrogens with zero attached hydrogens (tertiary/aromatic N) is 1. The van der Waals surface area contributed by atoms with Crippen molar-refractivity contribution >= 4 is 22.8 Å². The minimum Gasteiger partial charge on any atom is -0.494 e. The molecule has 4 aromatic carbocycles. The quantitative estimate of drug-likeness (QED) is 0.0997. The molecular weight excluding hydrogens is 622 g/mol. The number of likely N-dealkylation sites (tertiary alicyclic amines) is 1. The highest BCUT2D eigenvalue weighted by molar-refractivity contribution is 5.89. The Kier molecular flexibility index (Phi) is 12.5. The Hall–Kier alpha value is -4.60. The normalized spacial score (nSPS) is 16.3. The van der Waals surface area contributed by atoms with E-state index in [4.69, 9.17) is 28.4 Å². The Morgan fingerprint density at radius 3 is 2.39 bits per heavy atom. The predicted molar refractivity (Wildman–Crippen MR) is 188 cm³/mol. The molecule has 1 aliphatic rings. The standard InChI is InChI=1S/C40H47NO8/c1-40(2,3)49-39(43)41-21-20-34(32-16-18-33(19-17-32)46-23-9-22-45-26-29-10-6-5-7-11-29)37(25-41)47-27-30-14-15-31-12-8-13-36(35(31)24-30)48-28-38(42)44-4/h5-8,10-19,24,34,37H,9,20-23,25-28H2,1-4H3. The van der Waals surface area contributed by atoms with E-state index in [9.17, 15) is 9.59 Å². The van der Waals surface area contributed by atoms with Gasteiger partial charge in [0, 0.05) is 24.3 Å².